The molecule has 0 saturated heterocycles. The van der Waals surface area contributed by atoms with E-state index in [1.807, 2.05) is 0 Å². The number of benzene rings is 1. The maximum Gasteiger partial charge on any atom is 0.165 e. The molecule has 2 aromatic rings. The Morgan fingerprint density at radius 3 is 2.94 bits per heavy atom. The highest BCUT2D eigenvalue weighted by molar-refractivity contribution is 5.31. The maximum absolute atomic E-state index is 13.2. The molecule has 1 atom stereocenters. The lowest BCUT2D eigenvalue weighted by Gasteiger charge is -2.09. The summed E-state index contributed by atoms with van der Waals surface area (Å²) in [5.74, 6) is -0.166. The van der Waals surface area contributed by atoms with Crippen molar-refractivity contribution in [1.29, 1.82) is 0 Å². The zero-order chi connectivity index (χ0) is 12.3. The van der Waals surface area contributed by atoms with E-state index < -0.39 is 0 Å². The predicted molar refractivity (Wildman–Crippen MR) is 60.1 cm³/mol. The summed E-state index contributed by atoms with van der Waals surface area (Å²) >= 11 is 0. The van der Waals surface area contributed by atoms with Gasteiger partial charge in [0.25, 0.3) is 0 Å². The summed E-state index contributed by atoms with van der Waals surface area (Å²) in [5.41, 5.74) is 7.51. The summed E-state index contributed by atoms with van der Waals surface area (Å²) in [6.45, 7) is 0. The van der Waals surface area contributed by atoms with Crippen LogP contribution in [0.5, 0.6) is 5.75 Å². The van der Waals surface area contributed by atoms with Gasteiger partial charge in [-0.1, -0.05) is 11.2 Å². The lowest BCUT2D eigenvalue weighted by atomic mass is 10.0. The third kappa shape index (κ3) is 2.62. The van der Waals surface area contributed by atoms with E-state index in [2.05, 4.69) is 5.16 Å². The molecule has 1 aromatic heterocycles. The minimum absolute atomic E-state index is 0.217. The van der Waals surface area contributed by atoms with Crippen LogP contribution in [0.1, 0.15) is 17.3 Å². The normalized spacial score (nSPS) is 12.4. The Kier molecular flexibility index (Phi) is 3.39. The van der Waals surface area contributed by atoms with Gasteiger partial charge in [0.2, 0.25) is 0 Å². The van der Waals surface area contributed by atoms with Gasteiger partial charge >= 0.3 is 0 Å². The van der Waals surface area contributed by atoms with E-state index in [0.717, 1.165) is 5.56 Å². The summed E-state index contributed by atoms with van der Waals surface area (Å²) in [6, 6.07) is 6.12. The Morgan fingerprint density at radius 1 is 1.47 bits per heavy atom. The van der Waals surface area contributed by atoms with Crippen molar-refractivity contribution in [3.05, 3.63) is 47.6 Å². The lowest BCUT2D eigenvalue weighted by Crippen LogP contribution is -2.13. The highest BCUT2D eigenvalue weighted by atomic mass is 19.1. The van der Waals surface area contributed by atoms with Crippen molar-refractivity contribution < 1.29 is 13.7 Å². The molecule has 1 heterocycles. The van der Waals surface area contributed by atoms with Crippen molar-refractivity contribution in [3.63, 3.8) is 0 Å². The van der Waals surface area contributed by atoms with Crippen LogP contribution < -0.4 is 10.5 Å². The average molecular weight is 236 g/mol. The van der Waals surface area contributed by atoms with Gasteiger partial charge in [-0.2, -0.15) is 0 Å². The van der Waals surface area contributed by atoms with E-state index in [1.165, 1.54) is 19.4 Å². The van der Waals surface area contributed by atoms with Crippen LogP contribution in [-0.2, 0) is 6.42 Å². The molecule has 0 aliphatic heterocycles. The van der Waals surface area contributed by atoms with Crippen LogP contribution in [0.25, 0.3) is 0 Å². The van der Waals surface area contributed by atoms with Crippen molar-refractivity contribution in [3.8, 4) is 5.75 Å². The second-order valence-electron chi connectivity index (χ2n) is 3.70. The first-order valence-corrected chi connectivity index (χ1v) is 5.19. The summed E-state index contributed by atoms with van der Waals surface area (Å²) in [7, 11) is 1.43. The second kappa shape index (κ2) is 4.97. The van der Waals surface area contributed by atoms with E-state index in [9.17, 15) is 4.39 Å². The molecule has 0 amide bonds. The fourth-order valence-electron chi connectivity index (χ4n) is 1.60. The monoisotopic (exact) mass is 236 g/mol. The van der Waals surface area contributed by atoms with Crippen molar-refractivity contribution in [1.82, 2.24) is 5.16 Å². The van der Waals surface area contributed by atoms with Gasteiger partial charge in [0.05, 0.1) is 13.2 Å². The molecule has 2 N–H and O–H groups in total. The number of aromatic nitrogens is 1. The molecule has 1 aromatic carbocycles. The number of nitrogens with zero attached hydrogens (tertiary/aromatic N) is 1. The molecule has 0 fully saturated rings. The first kappa shape index (κ1) is 11.6. The fraction of sp³-hybridized carbons (Fsp3) is 0.250. The van der Waals surface area contributed by atoms with E-state index in [-0.39, 0.29) is 17.6 Å². The van der Waals surface area contributed by atoms with Crippen LogP contribution in [0.2, 0.25) is 0 Å². The standard InChI is InChI=1S/C12H13FN2O2/c1-16-12-7-8(2-3-9(12)13)6-10(14)11-4-5-17-15-11/h2-5,7,10H,6,14H2,1H3. The number of methoxy groups -OCH3 is 1. The SMILES string of the molecule is COc1cc(CC(N)c2ccon2)ccc1F. The van der Waals surface area contributed by atoms with E-state index in [1.54, 1.807) is 18.2 Å². The van der Waals surface area contributed by atoms with Crippen molar-refractivity contribution >= 4 is 0 Å². The second-order valence-corrected chi connectivity index (χ2v) is 3.70. The Hall–Kier alpha value is -1.88. The van der Waals surface area contributed by atoms with Crippen LogP contribution in [0.15, 0.2) is 35.1 Å². The van der Waals surface area contributed by atoms with Gasteiger partial charge in [0.15, 0.2) is 11.6 Å². The lowest BCUT2D eigenvalue weighted by molar-refractivity contribution is 0.385. The molecular weight excluding hydrogens is 223 g/mol. The van der Waals surface area contributed by atoms with Gasteiger partial charge in [0.1, 0.15) is 12.0 Å². The molecule has 0 aliphatic rings. The van der Waals surface area contributed by atoms with Crippen LogP contribution in [0.3, 0.4) is 0 Å². The van der Waals surface area contributed by atoms with Crippen LogP contribution in [0.4, 0.5) is 4.39 Å². The van der Waals surface area contributed by atoms with Crippen LogP contribution in [0, 0.1) is 5.82 Å². The number of nitrogens with two attached hydrogens (primary N) is 1. The van der Waals surface area contributed by atoms with Crippen LogP contribution >= 0.6 is 0 Å². The Labute approximate surface area is 98.2 Å². The smallest absolute Gasteiger partial charge is 0.165 e. The van der Waals surface area contributed by atoms with Gasteiger partial charge in [-0.05, 0) is 24.1 Å². The van der Waals surface area contributed by atoms with Crippen molar-refractivity contribution in [2.24, 2.45) is 5.73 Å². The van der Waals surface area contributed by atoms with Crippen LogP contribution in [-0.4, -0.2) is 12.3 Å². The number of hydrogen-bond donors (Lipinski definition) is 1. The largest absolute Gasteiger partial charge is 0.494 e. The Balaban J connectivity index is 2.13. The Bertz CT molecular complexity index is 485. The van der Waals surface area contributed by atoms with Gasteiger partial charge in [-0.3, -0.25) is 0 Å². The molecule has 5 heteroatoms. The number of rotatable bonds is 4. The summed E-state index contributed by atoms with van der Waals surface area (Å²) in [5, 5.41) is 3.77. The summed E-state index contributed by atoms with van der Waals surface area (Å²) < 4.78 is 22.8. The minimum Gasteiger partial charge on any atom is -0.494 e. The zero-order valence-electron chi connectivity index (χ0n) is 9.39. The molecule has 2 rings (SSSR count). The van der Waals surface area contributed by atoms with Gasteiger partial charge in [-0.25, -0.2) is 4.39 Å². The molecule has 1 unspecified atom stereocenters. The minimum atomic E-state index is -0.383. The number of hydrogen-bond acceptors (Lipinski definition) is 4. The highest BCUT2D eigenvalue weighted by Gasteiger charge is 2.11. The number of halogens is 1. The first-order valence-electron chi connectivity index (χ1n) is 5.19. The Morgan fingerprint density at radius 2 is 2.29 bits per heavy atom. The third-order valence-corrected chi connectivity index (χ3v) is 2.51. The topological polar surface area (TPSA) is 61.3 Å². The molecule has 0 radical (unpaired) electrons. The highest BCUT2D eigenvalue weighted by Crippen LogP contribution is 2.21. The maximum atomic E-state index is 13.2. The summed E-state index contributed by atoms with van der Waals surface area (Å²) in [4.78, 5) is 0. The number of ether oxygens (including phenoxy) is 1. The molecule has 0 bridgehead atoms. The summed E-state index contributed by atoms with van der Waals surface area (Å²) in [6.07, 6.45) is 2.02. The fourth-order valence-corrected chi connectivity index (χ4v) is 1.60. The molecule has 4 nitrogen and oxygen atoms in total. The molecule has 0 saturated carbocycles. The molecule has 0 aliphatic carbocycles. The molecular formula is C12H13FN2O2. The quantitative estimate of drug-likeness (QED) is 0.882. The molecule has 17 heavy (non-hydrogen) atoms. The third-order valence-electron chi connectivity index (χ3n) is 2.51. The van der Waals surface area contributed by atoms with E-state index in [4.69, 9.17) is 15.0 Å². The van der Waals surface area contributed by atoms with E-state index in [0.29, 0.717) is 12.1 Å². The van der Waals surface area contributed by atoms with Gasteiger partial charge < -0.3 is 15.0 Å². The van der Waals surface area contributed by atoms with Crippen molar-refractivity contribution in [2.45, 2.75) is 12.5 Å². The first-order chi connectivity index (χ1) is 8.20. The zero-order valence-corrected chi connectivity index (χ0v) is 9.39. The van der Waals surface area contributed by atoms with Crippen molar-refractivity contribution in [2.75, 3.05) is 7.11 Å². The van der Waals surface area contributed by atoms with Gasteiger partial charge in [0, 0.05) is 6.07 Å². The van der Waals surface area contributed by atoms with E-state index >= 15 is 0 Å². The molecule has 0 spiro atoms. The molecule has 90 valence electrons. The van der Waals surface area contributed by atoms with Gasteiger partial charge in [-0.15, -0.1) is 0 Å². The predicted octanol–water partition coefficient (Wildman–Crippen LogP) is 2.06. The average Bonchev–Trinajstić information content (AvgIpc) is 2.85.